The number of rotatable bonds is 7. The molecule has 1 unspecified atom stereocenters. The van der Waals surface area contributed by atoms with Gasteiger partial charge in [-0.3, -0.25) is 9.59 Å². The highest BCUT2D eigenvalue weighted by Gasteiger charge is 2.20. The summed E-state index contributed by atoms with van der Waals surface area (Å²) in [4.78, 5) is 26.3. The molecule has 0 saturated heterocycles. The van der Waals surface area contributed by atoms with Crippen LogP contribution in [0.15, 0.2) is 89.1 Å². The Bertz CT molecular complexity index is 1410. The summed E-state index contributed by atoms with van der Waals surface area (Å²) in [5, 5.41) is 17.6. The Morgan fingerprint density at radius 2 is 1.74 bits per heavy atom. The molecule has 0 spiro atoms. The molecule has 0 radical (unpaired) electrons. The van der Waals surface area contributed by atoms with Gasteiger partial charge < -0.3 is 10.6 Å². The molecule has 0 saturated carbocycles. The number of amides is 2. The summed E-state index contributed by atoms with van der Waals surface area (Å²) in [6, 6.07) is 26.7. The quantitative estimate of drug-likeness (QED) is 0.270. The first kappa shape index (κ1) is 24.3. The van der Waals surface area contributed by atoms with Crippen LogP contribution in [0.2, 0.25) is 0 Å². The molecule has 0 bridgehead atoms. The molecule has 2 N–H and O–H groups in total. The Labute approximate surface area is 212 Å². The van der Waals surface area contributed by atoms with E-state index in [2.05, 4.69) is 16.7 Å². The zero-order valence-corrected chi connectivity index (χ0v) is 20.9. The van der Waals surface area contributed by atoms with Gasteiger partial charge in [0.2, 0.25) is 5.91 Å². The van der Waals surface area contributed by atoms with E-state index in [0.717, 1.165) is 21.6 Å². The van der Waals surface area contributed by atoms with E-state index < -0.39 is 5.25 Å². The van der Waals surface area contributed by atoms with Gasteiger partial charge in [0.05, 0.1) is 10.8 Å². The number of nitriles is 1. The number of benzene rings is 3. The number of hydrogen-bond donors (Lipinski definition) is 2. The average Bonchev–Trinajstić information content (AvgIpc) is 3.27. The van der Waals surface area contributed by atoms with Crippen LogP contribution in [0.5, 0.6) is 0 Å². The first-order valence-corrected chi connectivity index (χ1v) is 12.7. The van der Waals surface area contributed by atoms with Crippen LogP contribution in [0.1, 0.15) is 28.4 Å². The Hall–Kier alpha value is -3.86. The monoisotopic (exact) mass is 497 g/mol. The predicted molar refractivity (Wildman–Crippen MR) is 144 cm³/mol. The van der Waals surface area contributed by atoms with Gasteiger partial charge in [0.1, 0.15) is 11.1 Å². The summed E-state index contributed by atoms with van der Waals surface area (Å²) in [6.45, 7) is 3.76. The van der Waals surface area contributed by atoms with Gasteiger partial charge in [-0.1, -0.05) is 54.1 Å². The van der Waals surface area contributed by atoms with Crippen molar-refractivity contribution in [1.82, 2.24) is 0 Å². The third-order valence-corrected chi connectivity index (χ3v) is 7.27. The normalized spacial score (nSPS) is 11.3. The molecule has 2 amide bonds. The van der Waals surface area contributed by atoms with Crippen molar-refractivity contribution in [2.24, 2.45) is 0 Å². The molecule has 0 aliphatic rings. The van der Waals surface area contributed by atoms with Crippen LogP contribution < -0.4 is 10.6 Å². The third-order valence-electron chi connectivity index (χ3n) is 5.28. The summed E-state index contributed by atoms with van der Waals surface area (Å²) in [5.41, 5.74) is 4.48. The van der Waals surface area contributed by atoms with E-state index in [9.17, 15) is 14.9 Å². The average molecular weight is 498 g/mol. The van der Waals surface area contributed by atoms with Crippen molar-refractivity contribution in [3.63, 3.8) is 0 Å². The van der Waals surface area contributed by atoms with E-state index in [-0.39, 0.29) is 11.8 Å². The minimum atomic E-state index is -0.411. The molecular weight excluding hydrogens is 474 g/mol. The lowest BCUT2D eigenvalue weighted by molar-refractivity contribution is -0.115. The number of anilines is 2. The maximum atomic E-state index is 12.9. The van der Waals surface area contributed by atoms with Gasteiger partial charge in [0.25, 0.3) is 5.91 Å². The smallest absolute Gasteiger partial charge is 0.255 e. The lowest BCUT2D eigenvalue weighted by atomic mass is 10.1. The Balaban J connectivity index is 1.42. The van der Waals surface area contributed by atoms with Gasteiger partial charge in [-0.2, -0.15) is 5.26 Å². The number of aryl methyl sites for hydroxylation is 1. The molecular formula is C28H23N3O2S2. The van der Waals surface area contributed by atoms with Crippen molar-refractivity contribution in [3.05, 3.63) is 101 Å². The fraction of sp³-hybridized carbons (Fsp3) is 0.107. The van der Waals surface area contributed by atoms with Crippen molar-refractivity contribution >= 4 is 45.6 Å². The highest BCUT2D eigenvalue weighted by Crippen LogP contribution is 2.35. The molecule has 1 heterocycles. The number of carbonyl (C=O) groups is 2. The van der Waals surface area contributed by atoms with Crippen molar-refractivity contribution in [2.45, 2.75) is 24.0 Å². The summed E-state index contributed by atoms with van der Waals surface area (Å²) >= 11 is 2.73. The van der Waals surface area contributed by atoms with Crippen molar-refractivity contribution in [1.29, 1.82) is 5.26 Å². The maximum absolute atomic E-state index is 12.9. The fourth-order valence-corrected chi connectivity index (χ4v) is 5.35. The molecule has 7 heteroatoms. The van der Waals surface area contributed by atoms with Gasteiger partial charge in [-0.05, 0) is 49.7 Å². The number of nitrogens with zero attached hydrogens (tertiary/aromatic N) is 1. The molecule has 3 aromatic carbocycles. The van der Waals surface area contributed by atoms with E-state index in [0.29, 0.717) is 21.8 Å². The van der Waals surface area contributed by atoms with Crippen LogP contribution in [0.3, 0.4) is 0 Å². The van der Waals surface area contributed by atoms with Crippen molar-refractivity contribution in [2.75, 3.05) is 10.6 Å². The second-order valence-electron chi connectivity index (χ2n) is 7.93. The molecule has 1 aromatic heterocycles. The molecule has 0 fully saturated rings. The van der Waals surface area contributed by atoms with Crippen molar-refractivity contribution < 1.29 is 9.59 Å². The number of carbonyl (C=O) groups excluding carboxylic acids is 2. The molecule has 1 atom stereocenters. The van der Waals surface area contributed by atoms with Crippen LogP contribution in [0.25, 0.3) is 11.1 Å². The minimum Gasteiger partial charge on any atom is -0.322 e. The number of thioether (sulfide) groups is 1. The van der Waals surface area contributed by atoms with Gasteiger partial charge in [-0.25, -0.2) is 0 Å². The highest BCUT2D eigenvalue weighted by atomic mass is 32.2. The number of nitrogens with one attached hydrogen (secondary N) is 2. The molecule has 35 heavy (non-hydrogen) atoms. The predicted octanol–water partition coefficient (Wildman–Crippen LogP) is 6.97. The first-order valence-electron chi connectivity index (χ1n) is 11.0. The minimum absolute atomic E-state index is 0.183. The van der Waals surface area contributed by atoms with Crippen LogP contribution in [-0.2, 0) is 4.79 Å². The topological polar surface area (TPSA) is 82.0 Å². The maximum Gasteiger partial charge on any atom is 0.255 e. The molecule has 0 aliphatic heterocycles. The standard InChI is InChI=1S/C28H23N3O2S2/c1-18-8-6-11-21(14-18)27(33)30-22-12-7-13-23(15-22)35-19(2)26(32)31-28-24(16-29)25(17-34-28)20-9-4-3-5-10-20/h3-15,17,19H,1-2H3,(H,30,33)(H,31,32). The SMILES string of the molecule is Cc1cccc(C(=O)Nc2cccc(SC(C)C(=O)Nc3scc(-c4ccccc4)c3C#N)c2)c1. The van der Waals surface area contributed by atoms with E-state index in [1.807, 2.05) is 92.0 Å². The van der Waals surface area contributed by atoms with Crippen LogP contribution >= 0.6 is 23.1 Å². The van der Waals surface area contributed by atoms with E-state index in [1.54, 1.807) is 6.07 Å². The fourth-order valence-electron chi connectivity index (χ4n) is 3.50. The van der Waals surface area contributed by atoms with Gasteiger partial charge in [-0.15, -0.1) is 23.1 Å². The summed E-state index contributed by atoms with van der Waals surface area (Å²) < 4.78 is 0. The van der Waals surface area contributed by atoms with Crippen LogP contribution in [0, 0.1) is 18.3 Å². The second-order valence-corrected chi connectivity index (χ2v) is 10.2. The van der Waals surface area contributed by atoms with Crippen LogP contribution in [-0.4, -0.2) is 17.1 Å². The van der Waals surface area contributed by atoms with E-state index in [4.69, 9.17) is 0 Å². The summed E-state index contributed by atoms with van der Waals surface area (Å²) in [5.74, 6) is -0.375. The zero-order valence-electron chi connectivity index (χ0n) is 19.2. The van der Waals surface area contributed by atoms with Gasteiger partial charge in [0, 0.05) is 27.1 Å². The molecule has 5 nitrogen and oxygen atoms in total. The Kier molecular flexibility index (Phi) is 7.66. The summed E-state index contributed by atoms with van der Waals surface area (Å²) in [7, 11) is 0. The van der Waals surface area contributed by atoms with E-state index in [1.165, 1.54) is 23.1 Å². The Morgan fingerprint density at radius 1 is 0.971 bits per heavy atom. The third kappa shape index (κ3) is 5.99. The number of hydrogen-bond acceptors (Lipinski definition) is 5. The lowest BCUT2D eigenvalue weighted by Crippen LogP contribution is -2.22. The highest BCUT2D eigenvalue weighted by molar-refractivity contribution is 8.00. The molecule has 4 aromatic rings. The molecule has 174 valence electrons. The van der Waals surface area contributed by atoms with Crippen LogP contribution in [0.4, 0.5) is 10.7 Å². The lowest BCUT2D eigenvalue weighted by Gasteiger charge is -2.13. The first-order chi connectivity index (χ1) is 16.9. The Morgan fingerprint density at radius 3 is 2.49 bits per heavy atom. The van der Waals surface area contributed by atoms with Crippen molar-refractivity contribution in [3.8, 4) is 17.2 Å². The van der Waals surface area contributed by atoms with E-state index >= 15 is 0 Å². The second kappa shape index (κ2) is 11.0. The van der Waals surface area contributed by atoms with Gasteiger partial charge in [0.15, 0.2) is 0 Å². The summed E-state index contributed by atoms with van der Waals surface area (Å²) in [6.07, 6.45) is 0. The molecule has 4 rings (SSSR count). The largest absolute Gasteiger partial charge is 0.322 e. The molecule has 0 aliphatic carbocycles. The zero-order chi connectivity index (χ0) is 24.8. The number of thiophene rings is 1. The van der Waals surface area contributed by atoms with Gasteiger partial charge >= 0.3 is 0 Å².